The van der Waals surface area contributed by atoms with Gasteiger partial charge in [0.2, 0.25) is 0 Å². The summed E-state index contributed by atoms with van der Waals surface area (Å²) in [4.78, 5) is 27.1. The molecule has 1 saturated heterocycles. The second-order valence-electron chi connectivity index (χ2n) is 8.36. The molecule has 0 radical (unpaired) electrons. The first-order valence-electron chi connectivity index (χ1n) is 10.7. The molecule has 4 rings (SSSR count). The summed E-state index contributed by atoms with van der Waals surface area (Å²) < 4.78 is 6.25. The van der Waals surface area contributed by atoms with Crippen molar-refractivity contribution in [1.29, 1.82) is 0 Å². The molecule has 2 aromatic carbocycles. The average molecular weight is 421 g/mol. The molecule has 1 fully saturated rings. The van der Waals surface area contributed by atoms with E-state index >= 15 is 0 Å². The average Bonchev–Trinajstić information content (AvgIpc) is 2.79. The van der Waals surface area contributed by atoms with E-state index in [2.05, 4.69) is 10.2 Å². The fourth-order valence-electron chi connectivity index (χ4n) is 4.46. The summed E-state index contributed by atoms with van der Waals surface area (Å²) in [6.07, 6.45) is 1.97. The van der Waals surface area contributed by atoms with E-state index in [1.807, 2.05) is 31.2 Å². The van der Waals surface area contributed by atoms with Crippen molar-refractivity contribution in [2.75, 3.05) is 20.1 Å². The van der Waals surface area contributed by atoms with Crippen molar-refractivity contribution < 1.29 is 14.3 Å². The molecule has 6 heteroatoms. The summed E-state index contributed by atoms with van der Waals surface area (Å²) in [7, 11) is 1.63. The third-order valence-electron chi connectivity index (χ3n) is 6.27. The zero-order valence-corrected chi connectivity index (χ0v) is 18.2. The monoisotopic (exact) mass is 420 g/mol. The minimum absolute atomic E-state index is 0.0266. The minimum Gasteiger partial charge on any atom is -0.508 e. The Morgan fingerprint density at radius 3 is 2.61 bits per heavy atom. The molecule has 1 atom stereocenters. The van der Waals surface area contributed by atoms with Gasteiger partial charge in [0.15, 0.2) is 5.43 Å². The van der Waals surface area contributed by atoms with Gasteiger partial charge in [0.05, 0.1) is 5.39 Å². The van der Waals surface area contributed by atoms with Gasteiger partial charge in [-0.2, -0.15) is 0 Å². The molecule has 2 N–H and O–H groups in total. The van der Waals surface area contributed by atoms with E-state index in [4.69, 9.17) is 4.42 Å². The van der Waals surface area contributed by atoms with Gasteiger partial charge in [0.25, 0.3) is 5.91 Å². The summed E-state index contributed by atoms with van der Waals surface area (Å²) in [5.41, 5.74) is 3.49. The van der Waals surface area contributed by atoms with Crippen molar-refractivity contribution in [2.24, 2.45) is 0 Å². The van der Waals surface area contributed by atoms with Crippen LogP contribution in [-0.4, -0.2) is 36.1 Å². The molecule has 0 bridgehead atoms. The van der Waals surface area contributed by atoms with Gasteiger partial charge in [-0.3, -0.25) is 14.5 Å². The molecule has 1 aliphatic rings. The molecule has 1 unspecified atom stereocenters. The normalized spacial score (nSPS) is 17.1. The number of phenolic OH excluding ortho intramolecular Hbond substituents is 1. The maximum atomic E-state index is 13.0. The Bertz CT molecular complexity index is 1180. The van der Waals surface area contributed by atoms with Crippen LogP contribution in [-0.2, 0) is 6.54 Å². The van der Waals surface area contributed by atoms with Gasteiger partial charge in [-0.05, 0) is 63.1 Å². The van der Waals surface area contributed by atoms with Crippen LogP contribution < -0.4 is 10.7 Å². The van der Waals surface area contributed by atoms with E-state index in [0.29, 0.717) is 27.7 Å². The van der Waals surface area contributed by atoms with Crippen LogP contribution in [0.3, 0.4) is 0 Å². The van der Waals surface area contributed by atoms with Gasteiger partial charge in [-0.1, -0.05) is 12.1 Å². The van der Waals surface area contributed by atoms with Crippen molar-refractivity contribution in [3.8, 4) is 5.75 Å². The molecule has 0 saturated carbocycles. The number of carbonyl (C=O) groups excluding carboxylic acids is 1. The van der Waals surface area contributed by atoms with E-state index in [1.54, 1.807) is 26.1 Å². The molecular weight excluding hydrogens is 392 g/mol. The highest BCUT2D eigenvalue weighted by molar-refractivity contribution is 5.93. The van der Waals surface area contributed by atoms with Crippen LogP contribution in [0.25, 0.3) is 11.0 Å². The number of carbonyl (C=O) groups is 1. The Morgan fingerprint density at radius 2 is 1.90 bits per heavy atom. The third kappa shape index (κ3) is 4.08. The van der Waals surface area contributed by atoms with Crippen molar-refractivity contribution in [1.82, 2.24) is 10.2 Å². The van der Waals surface area contributed by atoms with Crippen molar-refractivity contribution in [2.45, 2.75) is 39.2 Å². The van der Waals surface area contributed by atoms with Crippen molar-refractivity contribution >= 4 is 16.9 Å². The number of phenols is 1. The van der Waals surface area contributed by atoms with Gasteiger partial charge < -0.3 is 14.8 Å². The van der Waals surface area contributed by atoms with Crippen LogP contribution in [0.1, 0.15) is 51.6 Å². The molecule has 0 aliphatic carbocycles. The topological polar surface area (TPSA) is 82.8 Å². The lowest BCUT2D eigenvalue weighted by atomic mass is 9.92. The lowest BCUT2D eigenvalue weighted by molar-refractivity contribution is 0.0963. The largest absolute Gasteiger partial charge is 0.508 e. The van der Waals surface area contributed by atoms with Gasteiger partial charge in [-0.15, -0.1) is 0 Å². The number of aromatic hydroxyl groups is 1. The second kappa shape index (κ2) is 8.55. The first kappa shape index (κ1) is 21.1. The Hall–Kier alpha value is -3.12. The van der Waals surface area contributed by atoms with Gasteiger partial charge in [0.1, 0.15) is 17.1 Å². The Kier molecular flexibility index (Phi) is 5.83. The zero-order valence-electron chi connectivity index (χ0n) is 18.2. The smallest absolute Gasteiger partial charge is 0.251 e. The van der Waals surface area contributed by atoms with Gasteiger partial charge >= 0.3 is 0 Å². The van der Waals surface area contributed by atoms with Crippen LogP contribution in [0.5, 0.6) is 5.75 Å². The Morgan fingerprint density at radius 1 is 1.16 bits per heavy atom. The number of fused-ring (bicyclic) bond motifs is 1. The summed E-state index contributed by atoms with van der Waals surface area (Å²) in [5.74, 6) is 0.896. The summed E-state index contributed by atoms with van der Waals surface area (Å²) in [5, 5.41) is 13.2. The summed E-state index contributed by atoms with van der Waals surface area (Å²) in [6.45, 7) is 6.16. The number of nitrogens with one attached hydrogen (secondary N) is 1. The summed E-state index contributed by atoms with van der Waals surface area (Å²) in [6, 6.07) is 10.8. The molecule has 31 heavy (non-hydrogen) atoms. The van der Waals surface area contributed by atoms with Crippen LogP contribution >= 0.6 is 0 Å². The maximum Gasteiger partial charge on any atom is 0.251 e. The number of hydrogen-bond acceptors (Lipinski definition) is 5. The quantitative estimate of drug-likeness (QED) is 0.670. The first-order chi connectivity index (χ1) is 14.9. The number of piperidine rings is 1. The first-order valence-corrected chi connectivity index (χ1v) is 10.7. The number of rotatable bonds is 4. The SMILES string of the molecule is CNC(=O)c1ccc(CN2CCCC(c3oc4c(C)c(O)ccc4c(=O)c3C)C2)cc1. The third-order valence-corrected chi connectivity index (χ3v) is 6.27. The molecule has 2 heterocycles. The predicted molar refractivity (Wildman–Crippen MR) is 121 cm³/mol. The fraction of sp³-hybridized carbons (Fsp3) is 0.360. The maximum absolute atomic E-state index is 13.0. The van der Waals surface area contributed by atoms with Crippen molar-refractivity contribution in [3.05, 3.63) is 74.6 Å². The highest BCUT2D eigenvalue weighted by Crippen LogP contribution is 2.33. The highest BCUT2D eigenvalue weighted by Gasteiger charge is 2.27. The highest BCUT2D eigenvalue weighted by atomic mass is 16.3. The molecule has 1 aromatic heterocycles. The van der Waals surface area contributed by atoms with E-state index in [-0.39, 0.29) is 23.0 Å². The molecular formula is C25H28N2O4. The van der Waals surface area contributed by atoms with Crippen molar-refractivity contribution in [3.63, 3.8) is 0 Å². The number of amides is 1. The fourth-order valence-corrected chi connectivity index (χ4v) is 4.46. The number of hydrogen-bond donors (Lipinski definition) is 2. The number of likely N-dealkylation sites (tertiary alicyclic amines) is 1. The van der Waals surface area contributed by atoms with Crippen LogP contribution in [0.15, 0.2) is 45.6 Å². The van der Waals surface area contributed by atoms with E-state index in [0.717, 1.165) is 43.8 Å². The molecule has 1 amide bonds. The summed E-state index contributed by atoms with van der Waals surface area (Å²) >= 11 is 0. The van der Waals surface area contributed by atoms with E-state index in [9.17, 15) is 14.7 Å². The molecule has 162 valence electrons. The molecule has 3 aromatic rings. The van der Waals surface area contributed by atoms with Crippen LogP contribution in [0, 0.1) is 13.8 Å². The second-order valence-corrected chi connectivity index (χ2v) is 8.36. The Balaban J connectivity index is 1.58. The number of aryl methyl sites for hydroxylation is 1. The Labute approximate surface area is 181 Å². The van der Waals surface area contributed by atoms with E-state index in [1.165, 1.54) is 0 Å². The number of benzene rings is 2. The van der Waals surface area contributed by atoms with E-state index < -0.39 is 0 Å². The standard InChI is InChI=1S/C25H28N2O4/c1-15-21(28)11-10-20-22(29)16(2)23(31-24(15)20)19-5-4-12-27(14-19)13-17-6-8-18(9-7-17)25(30)26-3/h6-11,19,28H,4-5,12-14H2,1-3H3,(H,26,30). The van der Waals surface area contributed by atoms with Gasteiger partial charge in [-0.25, -0.2) is 0 Å². The minimum atomic E-state index is -0.0901. The molecule has 1 aliphatic heterocycles. The number of nitrogens with zero attached hydrogens (tertiary/aromatic N) is 1. The van der Waals surface area contributed by atoms with Crippen LogP contribution in [0.2, 0.25) is 0 Å². The van der Waals surface area contributed by atoms with Crippen LogP contribution in [0.4, 0.5) is 0 Å². The molecule has 0 spiro atoms. The molecule has 6 nitrogen and oxygen atoms in total. The lowest BCUT2D eigenvalue weighted by Gasteiger charge is -2.32. The van der Waals surface area contributed by atoms with Gasteiger partial charge in [0, 0.05) is 42.7 Å². The lowest BCUT2D eigenvalue weighted by Crippen LogP contribution is -2.34. The zero-order chi connectivity index (χ0) is 22.1. The predicted octanol–water partition coefficient (Wildman–Crippen LogP) is 3.85.